The predicted molar refractivity (Wildman–Crippen MR) is 454 cm³/mol. The van der Waals surface area contributed by atoms with Crippen LogP contribution in [0.15, 0.2) is 35.3 Å². The maximum absolute atomic E-state index is 14.8. The molecule has 0 bridgehead atoms. The topological polar surface area (TPSA) is 868 Å². The van der Waals surface area contributed by atoms with Gasteiger partial charge in [-0.1, -0.05) is 28.5 Å². The van der Waals surface area contributed by atoms with E-state index in [-0.39, 0.29) is 40.5 Å². The normalized spacial score (nSPS) is 15.8. The Hall–Kier alpha value is -10.5. The first kappa shape index (κ1) is 116. The van der Waals surface area contributed by atoms with Gasteiger partial charge in [0.1, 0.15) is 72.8 Å². The van der Waals surface area contributed by atoms with Crippen LogP contribution in [0.5, 0.6) is 0 Å². The van der Waals surface area contributed by atoms with Crippen molar-refractivity contribution in [2.45, 2.75) is 240 Å². The number of carbonyl (C=O) groups is 15. The van der Waals surface area contributed by atoms with E-state index in [2.05, 4.69) is 78.1 Å². The highest BCUT2D eigenvalue weighted by atomic mass is 33.1. The van der Waals surface area contributed by atoms with Crippen molar-refractivity contribution < 1.29 is 174 Å². The highest BCUT2D eigenvalue weighted by Crippen LogP contribution is 2.25. The Bertz CT molecular complexity index is 4230. The minimum atomic E-state index is -2.22. The van der Waals surface area contributed by atoms with Crippen molar-refractivity contribution in [1.29, 1.82) is 0 Å². The zero-order valence-electron chi connectivity index (χ0n) is 71.7. The number of hydrogen-bond donors (Lipinski definition) is 31. The lowest BCUT2D eigenvalue weighted by Crippen LogP contribution is -2.50. The van der Waals surface area contributed by atoms with Crippen LogP contribution in [0.1, 0.15) is 147 Å². The molecule has 0 aliphatic heterocycles. The molecule has 130 heavy (non-hydrogen) atoms. The van der Waals surface area contributed by atoms with E-state index >= 15 is 0 Å². The number of nitrogens with zero attached hydrogens (tertiary/aromatic N) is 3. The molecule has 3 rings (SSSR count). The number of nitrogens with two attached hydrogens (primary N) is 1. The Kier molecular flexibility index (Phi) is 53.2. The minimum absolute atomic E-state index is 0.0102. The van der Waals surface area contributed by atoms with E-state index in [0.29, 0.717) is 23.7 Å². The first-order valence-electron chi connectivity index (χ1n) is 40.8. The monoisotopic (exact) mass is 1900 g/mol. The van der Waals surface area contributed by atoms with E-state index in [9.17, 15) is 169 Å². The van der Waals surface area contributed by atoms with Crippen LogP contribution in [-0.2, 0) is 73.6 Å². The first-order chi connectivity index (χ1) is 61.0. The standard InChI is InChI=1S/C70H105N13O34S2.C7H16N2O2/c1-2-118-119-30-41(69(116)117)81-66(112)34(7-16-52(98)75-26-46(92)58(105)61(108)49(95)29-86)21-43(89)39(13-18-54(101)102)79-65(111)33(6-15-51(97)74-25-45(91)57(104)60(107)48(94)28-85)20-42(88)38(12-17-53(99)100)78-64(110)32(5-14-50(96)73-24-44(90)56(103)59(106)47(93)27-84)19-37(87)10-11-40(68(114)115)80-63(109)31-3-8-35(9-4-31)72-22-36-23-76-62-55(77-36)67(113)83-70(71)82-62;1-5-11-6(10)8-9-7(2,3)4/h3-4,8-9,23,32-34,38-41,44-49,56-61,72,84-86,90-95,103-108H,2,5-7,10-22,24-30H2,1H3,(H,73,96)(H,74,97)(H,75,98)(H,78,110)(H,79,111)(H,80,109)(H,81,112)(H,99,100)(H,101,102)(H,114,115)(H,116,117)(H3,71,76,82,83,113);9H,5H2,1-4H3,(H,8,10)/t32-,33-,34-,38-,39-,40-,41-,44+,45+,46+,47-,48-,49-,56-,57-,58-,59-,60-,61-;/m1./s1. The van der Waals surface area contributed by atoms with Crippen molar-refractivity contribution in [3.05, 3.63) is 52.1 Å². The van der Waals surface area contributed by atoms with Crippen molar-refractivity contribution >= 4 is 133 Å². The maximum atomic E-state index is 14.8. The van der Waals surface area contributed by atoms with Gasteiger partial charge in [0.2, 0.25) is 41.4 Å². The number of nitrogens with one attached hydrogen (secondary N) is 11. The molecule has 0 aliphatic rings. The van der Waals surface area contributed by atoms with Gasteiger partial charge in [-0.25, -0.2) is 29.8 Å². The smallest absolute Gasteiger partial charge is 0.421 e. The van der Waals surface area contributed by atoms with Gasteiger partial charge in [-0.15, -0.1) is 0 Å². The highest BCUT2D eigenvalue weighted by molar-refractivity contribution is 8.76. The summed E-state index contributed by atoms with van der Waals surface area (Å²) >= 11 is 0. The van der Waals surface area contributed by atoms with Gasteiger partial charge in [0, 0.05) is 123 Å². The lowest BCUT2D eigenvalue weighted by atomic mass is 9.89. The molecule has 19 atom stereocenters. The second kappa shape index (κ2) is 59.8. The summed E-state index contributed by atoms with van der Waals surface area (Å²) in [6.07, 6.45) is -36.8. The lowest BCUT2D eigenvalue weighted by molar-refractivity contribution is -0.142. The average molecular weight is 1900 g/mol. The van der Waals surface area contributed by atoms with Crippen molar-refractivity contribution in [1.82, 2.24) is 68.0 Å². The fourth-order valence-electron chi connectivity index (χ4n) is 11.6. The minimum Gasteiger partial charge on any atom is -0.481 e. The Morgan fingerprint density at radius 2 is 0.892 bits per heavy atom. The van der Waals surface area contributed by atoms with Gasteiger partial charge in [0.05, 0.1) is 75.3 Å². The van der Waals surface area contributed by atoms with Gasteiger partial charge in [0.15, 0.2) is 22.7 Å². The number of rotatable bonds is 63. The van der Waals surface area contributed by atoms with Gasteiger partial charge >= 0.3 is 30.0 Å². The van der Waals surface area contributed by atoms with Crippen molar-refractivity contribution in [2.24, 2.45) is 17.8 Å². The van der Waals surface area contributed by atoms with E-state index in [1.807, 2.05) is 20.8 Å². The van der Waals surface area contributed by atoms with E-state index < -0.39 is 345 Å². The molecule has 732 valence electrons. The zero-order valence-corrected chi connectivity index (χ0v) is 73.3. The largest absolute Gasteiger partial charge is 0.481 e. The Morgan fingerprint density at radius 3 is 1.28 bits per heavy atom. The predicted octanol–water partition coefficient (Wildman–Crippen LogP) is -8.70. The summed E-state index contributed by atoms with van der Waals surface area (Å²) in [6.45, 7) is 3.91. The number of nitrogen functional groups attached to an aromatic ring is 1. The molecule has 1 aromatic carbocycles. The number of aromatic amines is 1. The Balaban J connectivity index is 0.00000484. The molecule has 3 aromatic rings. The summed E-state index contributed by atoms with van der Waals surface area (Å²) in [7, 11) is 2.22. The van der Waals surface area contributed by atoms with E-state index in [4.69, 9.17) is 10.8 Å². The second-order valence-corrected chi connectivity index (χ2v) is 33.5. The number of aromatic nitrogens is 4. The average Bonchev–Trinajstić information content (AvgIpc) is 0.810. The number of benzene rings is 1. The molecule has 0 fully saturated rings. The van der Waals surface area contributed by atoms with Crippen molar-refractivity contribution in [3.8, 4) is 0 Å². The van der Waals surface area contributed by atoms with Crippen LogP contribution in [0, 0.1) is 17.8 Å². The number of amides is 8. The number of aliphatic hydroxyl groups is 15. The number of aliphatic hydroxyl groups excluding tert-OH is 15. The summed E-state index contributed by atoms with van der Waals surface area (Å²) in [5, 5.41) is 208. The second-order valence-electron chi connectivity index (χ2n) is 30.7. The summed E-state index contributed by atoms with van der Waals surface area (Å²) in [5.41, 5.74) is 10.5. The number of H-pyrrole nitrogens is 1. The quantitative estimate of drug-likeness (QED) is 0.0142. The van der Waals surface area contributed by atoms with E-state index in [1.54, 1.807) is 13.8 Å². The van der Waals surface area contributed by atoms with Crippen LogP contribution >= 0.6 is 21.6 Å². The van der Waals surface area contributed by atoms with Crippen LogP contribution in [-0.4, -0.2) is 366 Å². The number of anilines is 2. The number of carbonyl (C=O) groups excluding carboxylic acids is 11. The fourth-order valence-corrected chi connectivity index (χ4v) is 13.4. The van der Waals surface area contributed by atoms with Crippen LogP contribution in [0.25, 0.3) is 11.2 Å². The van der Waals surface area contributed by atoms with Crippen LogP contribution < -0.4 is 64.7 Å². The van der Waals surface area contributed by atoms with Crippen molar-refractivity contribution in [2.75, 3.05) is 68.6 Å². The number of fused-ring (bicyclic) bond motifs is 1. The third-order valence-corrected chi connectivity index (χ3v) is 21.6. The highest BCUT2D eigenvalue weighted by Gasteiger charge is 2.39. The number of carboxylic acid groups (broad SMARTS) is 4. The summed E-state index contributed by atoms with van der Waals surface area (Å²) in [6, 6.07) is -2.06. The molecular weight excluding hydrogens is 1780 g/mol. The van der Waals surface area contributed by atoms with Crippen molar-refractivity contribution in [3.63, 3.8) is 0 Å². The summed E-state index contributed by atoms with van der Waals surface area (Å²) < 4.78 is 4.62. The number of hydrazine groups is 1. The lowest BCUT2D eigenvalue weighted by Gasteiger charge is -2.26. The number of carboxylic acids is 4. The van der Waals surface area contributed by atoms with Gasteiger partial charge in [0.25, 0.3) is 11.5 Å². The molecule has 2 aromatic heterocycles. The van der Waals surface area contributed by atoms with Gasteiger partial charge in [-0.2, -0.15) is 4.98 Å². The Labute approximate surface area is 750 Å². The first-order valence-corrected chi connectivity index (χ1v) is 43.3. The van der Waals surface area contributed by atoms with E-state index in [1.165, 1.54) is 41.3 Å². The molecule has 0 saturated carbocycles. The molecule has 0 radical (unpaired) electrons. The third kappa shape index (κ3) is 44.0. The number of hydrogen-bond acceptors (Lipinski definition) is 40. The molecule has 51 nitrogen and oxygen atoms in total. The molecule has 0 unspecified atom stereocenters. The van der Waals surface area contributed by atoms with E-state index in [0.717, 1.165) is 10.8 Å². The fraction of sp³-hybridized carbons (Fsp3) is 0.649. The molecule has 0 spiro atoms. The maximum Gasteiger partial charge on any atom is 0.421 e. The summed E-state index contributed by atoms with van der Waals surface area (Å²) in [5.74, 6) is -23.3. The molecular formula is C77H121N15O36S2. The SMILES string of the molecule is CCOC(=O)NNC(C)(C)C.CCSSC[C@@H](NC(=O)[C@H](CCC(=O)NC[C@H](O)[C@@H](O)[C@H](O)[C@H](O)CO)CC(=O)[C@@H](CCC(=O)O)NC(=O)[C@H](CCC(=O)NC[C@H](O)[C@@H](O)[C@H](O)[C@H](O)CO)CC(=O)[C@@H](CCC(=O)O)NC(=O)[C@H](CCC(=O)NC[C@H](O)[C@@H](O)[C@H](O)[C@H](O)CO)CC(=O)CC[C@@H](NC(=O)c1ccc(NCc2cnc3nc(N)[nH]c(=O)c3n2)cc1)C(=O)O)C(=O)O. The molecule has 2 heterocycles. The van der Waals surface area contributed by atoms with Gasteiger partial charge in [-0.05, 0) is 90.5 Å². The van der Waals surface area contributed by atoms with Crippen LogP contribution in [0.3, 0.4) is 0 Å². The number of Topliss-reactive ketones (excluding diaryl/α,β-unsaturated/α-hetero) is 3. The summed E-state index contributed by atoms with van der Waals surface area (Å²) in [4.78, 5) is 227. The van der Waals surface area contributed by atoms with Crippen LogP contribution in [0.4, 0.5) is 16.4 Å². The molecule has 32 N–H and O–H groups in total. The molecule has 8 amide bonds. The molecule has 53 heteroatoms. The number of ketones is 3. The zero-order chi connectivity index (χ0) is 98.4. The van der Waals surface area contributed by atoms with Gasteiger partial charge < -0.3 is 150 Å². The third-order valence-electron chi connectivity index (χ3n) is 19.1. The number of aliphatic carboxylic acids is 4. The molecule has 0 saturated heterocycles. The van der Waals surface area contributed by atoms with Crippen LogP contribution in [0.2, 0.25) is 0 Å². The Morgan fingerprint density at radius 1 is 0.492 bits per heavy atom. The van der Waals surface area contributed by atoms with Gasteiger partial charge in [-0.3, -0.25) is 72.7 Å². The number of ether oxygens (including phenoxy) is 1. The molecule has 0 aliphatic carbocycles.